The summed E-state index contributed by atoms with van der Waals surface area (Å²) in [4.78, 5) is 0.242. The lowest BCUT2D eigenvalue weighted by molar-refractivity contribution is 0.0737. The van der Waals surface area contributed by atoms with Gasteiger partial charge in [-0.05, 0) is 44.0 Å². The van der Waals surface area contributed by atoms with Crippen LogP contribution in [0.2, 0.25) is 0 Å². The first-order valence-corrected chi connectivity index (χ1v) is 8.46. The summed E-state index contributed by atoms with van der Waals surface area (Å²) in [5, 5.41) is 3.27. The molecule has 6 heteroatoms. The van der Waals surface area contributed by atoms with Gasteiger partial charge in [0.2, 0.25) is 0 Å². The van der Waals surface area contributed by atoms with Crippen LogP contribution in [0.25, 0.3) is 0 Å². The minimum Gasteiger partial charge on any atom is -0.377 e. The average Bonchev–Trinajstić information content (AvgIpc) is 2.38. The third-order valence-corrected chi connectivity index (χ3v) is 5.28. The molecule has 0 radical (unpaired) electrons. The number of fused-ring (bicyclic) bond motifs is 1. The molecule has 0 saturated heterocycles. The number of rotatable bonds is 5. The van der Waals surface area contributed by atoms with Crippen LogP contribution in [0.15, 0.2) is 23.1 Å². The second-order valence-electron chi connectivity index (χ2n) is 5.02. The van der Waals surface area contributed by atoms with E-state index < -0.39 is 15.7 Å². The van der Waals surface area contributed by atoms with Crippen molar-refractivity contribution in [1.29, 1.82) is 0 Å². The molecule has 2 atom stereocenters. The highest BCUT2D eigenvalue weighted by atomic mass is 32.2. The highest BCUT2D eigenvalue weighted by molar-refractivity contribution is 7.91. The number of sulfone groups is 1. The Hall–Kier alpha value is -0.980. The normalized spacial score (nSPS) is 22.2. The summed E-state index contributed by atoms with van der Waals surface area (Å²) in [6.07, 6.45) is 0.494. The van der Waals surface area contributed by atoms with Crippen LogP contribution in [0.4, 0.5) is 4.39 Å². The summed E-state index contributed by atoms with van der Waals surface area (Å²) < 4.78 is 42.8. The molecule has 112 valence electrons. The van der Waals surface area contributed by atoms with Gasteiger partial charge in [-0.1, -0.05) is 0 Å². The van der Waals surface area contributed by atoms with E-state index in [9.17, 15) is 12.8 Å². The van der Waals surface area contributed by atoms with E-state index in [0.29, 0.717) is 25.1 Å². The van der Waals surface area contributed by atoms with Gasteiger partial charge in [0.1, 0.15) is 5.82 Å². The molecule has 2 unspecified atom stereocenters. The number of ether oxygens (including phenoxy) is 1. The van der Waals surface area contributed by atoms with Crippen LogP contribution in [0, 0.1) is 5.82 Å². The molecule has 2 rings (SSSR count). The molecule has 4 nitrogen and oxygen atoms in total. The molecule has 0 amide bonds. The summed E-state index contributed by atoms with van der Waals surface area (Å²) in [6, 6.07) is 3.73. The Balaban J connectivity index is 2.19. The molecular formula is C14H20FNO3S. The lowest BCUT2D eigenvalue weighted by Crippen LogP contribution is -2.34. The zero-order valence-electron chi connectivity index (χ0n) is 11.7. The molecule has 0 aliphatic carbocycles. The Morgan fingerprint density at radius 3 is 2.95 bits per heavy atom. The van der Waals surface area contributed by atoms with Gasteiger partial charge in [0, 0.05) is 19.2 Å². The van der Waals surface area contributed by atoms with Crippen LogP contribution in [-0.2, 0) is 14.6 Å². The van der Waals surface area contributed by atoms with Gasteiger partial charge < -0.3 is 10.1 Å². The van der Waals surface area contributed by atoms with Gasteiger partial charge in [-0.25, -0.2) is 12.8 Å². The van der Waals surface area contributed by atoms with Crippen molar-refractivity contribution in [3.8, 4) is 0 Å². The third kappa shape index (κ3) is 3.37. The first kappa shape index (κ1) is 15.4. The quantitative estimate of drug-likeness (QED) is 0.846. The van der Waals surface area contributed by atoms with Crippen LogP contribution in [0.3, 0.4) is 0 Å². The number of benzene rings is 1. The Labute approximate surface area is 119 Å². The monoisotopic (exact) mass is 301 g/mol. The predicted octanol–water partition coefficient (Wildman–Crippen LogP) is 2.06. The van der Waals surface area contributed by atoms with Crippen LogP contribution in [0.5, 0.6) is 0 Å². The first-order chi connectivity index (χ1) is 9.44. The highest BCUT2D eigenvalue weighted by Crippen LogP contribution is 2.32. The fourth-order valence-electron chi connectivity index (χ4n) is 2.48. The fourth-order valence-corrected chi connectivity index (χ4v) is 4.08. The molecule has 1 aliphatic heterocycles. The molecule has 0 bridgehead atoms. The summed E-state index contributed by atoms with van der Waals surface area (Å²) >= 11 is 0. The molecule has 1 heterocycles. The van der Waals surface area contributed by atoms with Gasteiger partial charge in [0.05, 0.1) is 16.8 Å². The fraction of sp³-hybridized carbons (Fsp3) is 0.571. The Bertz CT molecular complexity index is 574. The standard InChI is InChI=1S/C14H20FNO3S/c1-3-19-10(2)9-16-13-6-7-20(17,18)14-5-4-11(15)8-12(13)14/h4-5,8,10,13,16H,3,6-7,9H2,1-2H3. The number of nitrogens with one attached hydrogen (secondary N) is 1. The Kier molecular flexibility index (Phi) is 4.78. The van der Waals surface area contributed by atoms with Crippen LogP contribution >= 0.6 is 0 Å². The minimum atomic E-state index is -3.28. The molecule has 1 aromatic carbocycles. The van der Waals surface area contributed by atoms with Gasteiger partial charge in [-0.15, -0.1) is 0 Å². The zero-order valence-corrected chi connectivity index (χ0v) is 12.5. The van der Waals surface area contributed by atoms with Crippen molar-refractivity contribution >= 4 is 9.84 Å². The van der Waals surface area contributed by atoms with Gasteiger partial charge in [0.15, 0.2) is 9.84 Å². The number of halogens is 1. The van der Waals surface area contributed by atoms with Crippen molar-refractivity contribution in [2.24, 2.45) is 0 Å². The van der Waals surface area contributed by atoms with Gasteiger partial charge in [-0.3, -0.25) is 0 Å². The molecule has 1 N–H and O–H groups in total. The van der Waals surface area contributed by atoms with Gasteiger partial charge in [0.25, 0.3) is 0 Å². The predicted molar refractivity (Wildman–Crippen MR) is 74.9 cm³/mol. The zero-order chi connectivity index (χ0) is 14.8. The van der Waals surface area contributed by atoms with E-state index in [2.05, 4.69) is 5.32 Å². The summed E-state index contributed by atoms with van der Waals surface area (Å²) in [5.74, 6) is -0.322. The van der Waals surface area contributed by atoms with Crippen molar-refractivity contribution in [3.63, 3.8) is 0 Å². The van der Waals surface area contributed by atoms with E-state index in [0.717, 1.165) is 0 Å². The lowest BCUT2D eigenvalue weighted by Gasteiger charge is -2.27. The second-order valence-corrected chi connectivity index (χ2v) is 7.09. The second kappa shape index (κ2) is 6.20. The smallest absolute Gasteiger partial charge is 0.178 e. The molecule has 1 aliphatic rings. The largest absolute Gasteiger partial charge is 0.377 e. The Morgan fingerprint density at radius 1 is 1.50 bits per heavy atom. The summed E-state index contributed by atoms with van der Waals surface area (Å²) in [5.41, 5.74) is 0.528. The van der Waals surface area contributed by atoms with Crippen LogP contribution < -0.4 is 5.32 Å². The van der Waals surface area contributed by atoms with E-state index >= 15 is 0 Å². The van der Waals surface area contributed by atoms with Gasteiger partial charge in [-0.2, -0.15) is 0 Å². The molecule has 0 fully saturated rings. The molecule has 1 aromatic rings. The Morgan fingerprint density at radius 2 is 2.25 bits per heavy atom. The van der Waals surface area contributed by atoms with E-state index in [1.807, 2.05) is 13.8 Å². The summed E-state index contributed by atoms with van der Waals surface area (Å²) in [6.45, 7) is 5.11. The minimum absolute atomic E-state index is 0.0375. The maximum atomic E-state index is 13.4. The average molecular weight is 301 g/mol. The van der Waals surface area contributed by atoms with Crippen molar-refractivity contribution in [2.45, 2.75) is 37.3 Å². The SMILES string of the molecule is CCOC(C)CNC1CCS(=O)(=O)c2ccc(F)cc21. The van der Waals surface area contributed by atoms with Crippen molar-refractivity contribution in [1.82, 2.24) is 5.32 Å². The number of hydrogen-bond acceptors (Lipinski definition) is 4. The van der Waals surface area contributed by atoms with Crippen molar-refractivity contribution in [2.75, 3.05) is 18.9 Å². The van der Waals surface area contributed by atoms with Crippen molar-refractivity contribution in [3.05, 3.63) is 29.6 Å². The van der Waals surface area contributed by atoms with E-state index in [4.69, 9.17) is 4.74 Å². The van der Waals surface area contributed by atoms with Crippen LogP contribution in [-0.4, -0.2) is 33.4 Å². The van der Waals surface area contributed by atoms with Crippen molar-refractivity contribution < 1.29 is 17.5 Å². The maximum Gasteiger partial charge on any atom is 0.178 e. The molecular weight excluding hydrogens is 281 g/mol. The molecule has 0 spiro atoms. The summed E-state index contributed by atoms with van der Waals surface area (Å²) in [7, 11) is -3.28. The van der Waals surface area contributed by atoms with E-state index in [1.54, 1.807) is 0 Å². The van der Waals surface area contributed by atoms with E-state index in [-0.39, 0.29) is 22.8 Å². The molecule has 0 saturated carbocycles. The number of hydrogen-bond donors (Lipinski definition) is 1. The maximum absolute atomic E-state index is 13.4. The topological polar surface area (TPSA) is 55.4 Å². The molecule has 0 aromatic heterocycles. The molecule has 20 heavy (non-hydrogen) atoms. The van der Waals surface area contributed by atoms with E-state index in [1.165, 1.54) is 18.2 Å². The highest BCUT2D eigenvalue weighted by Gasteiger charge is 2.30. The first-order valence-electron chi connectivity index (χ1n) is 6.81. The lowest BCUT2D eigenvalue weighted by atomic mass is 10.0. The third-order valence-electron chi connectivity index (χ3n) is 3.46. The van der Waals surface area contributed by atoms with Crippen LogP contribution in [0.1, 0.15) is 31.9 Å². The van der Waals surface area contributed by atoms with Gasteiger partial charge >= 0.3 is 0 Å².